The Morgan fingerprint density at radius 3 is 2.62 bits per heavy atom. The zero-order valence-electron chi connectivity index (χ0n) is 8.56. The maximum absolute atomic E-state index is 4.09. The molecule has 0 amide bonds. The number of pyridine rings is 2. The predicted octanol–water partition coefficient (Wildman–Crippen LogP) is 1.93. The van der Waals surface area contributed by atoms with Crippen LogP contribution in [-0.2, 0) is 0 Å². The average Bonchev–Trinajstić information content (AvgIpc) is 2.37. The molecule has 0 atom stereocenters. The van der Waals surface area contributed by atoms with Crippen molar-refractivity contribution in [3.05, 3.63) is 60.2 Å². The predicted molar refractivity (Wildman–Crippen MR) is 63.7 cm³/mol. The minimum absolute atomic E-state index is 0.783. The van der Waals surface area contributed by atoms with E-state index < -0.39 is 0 Å². The zero-order chi connectivity index (χ0) is 11.1. The molecule has 0 saturated carbocycles. The van der Waals surface area contributed by atoms with Crippen molar-refractivity contribution >= 4 is 12.4 Å². The van der Waals surface area contributed by atoms with Crippen LogP contribution in [0, 0.1) is 0 Å². The molecule has 16 heavy (non-hydrogen) atoms. The highest BCUT2D eigenvalue weighted by Gasteiger charge is 1.84. The molecule has 2 aromatic heterocycles. The fraction of sp³-hybridized carbons (Fsp3) is 0. The van der Waals surface area contributed by atoms with Crippen LogP contribution in [-0.4, -0.2) is 22.4 Å². The Hall–Kier alpha value is -2.36. The summed E-state index contributed by atoms with van der Waals surface area (Å²) < 4.78 is 0. The maximum atomic E-state index is 4.09. The molecule has 2 rings (SSSR count). The van der Waals surface area contributed by atoms with E-state index in [2.05, 4.69) is 20.2 Å². The van der Waals surface area contributed by atoms with E-state index in [-0.39, 0.29) is 0 Å². The highest BCUT2D eigenvalue weighted by atomic mass is 15.2. The zero-order valence-corrected chi connectivity index (χ0v) is 8.56. The Morgan fingerprint density at radius 2 is 1.88 bits per heavy atom. The van der Waals surface area contributed by atoms with Gasteiger partial charge in [-0.25, -0.2) is 0 Å². The van der Waals surface area contributed by atoms with Crippen molar-refractivity contribution in [1.82, 2.24) is 9.97 Å². The van der Waals surface area contributed by atoms with Gasteiger partial charge in [-0.2, -0.15) is 10.2 Å². The second kappa shape index (κ2) is 5.50. The second-order valence-corrected chi connectivity index (χ2v) is 3.03. The molecule has 0 bridgehead atoms. The smallest absolute Gasteiger partial charge is 0.0831 e. The third kappa shape index (κ3) is 3.09. The van der Waals surface area contributed by atoms with Crippen LogP contribution in [0.2, 0.25) is 0 Å². The average molecular weight is 210 g/mol. The minimum atomic E-state index is 0.783. The molecule has 2 heterocycles. The van der Waals surface area contributed by atoms with E-state index in [0.29, 0.717) is 0 Å². The van der Waals surface area contributed by atoms with Crippen molar-refractivity contribution in [2.75, 3.05) is 0 Å². The van der Waals surface area contributed by atoms with Gasteiger partial charge in [0.1, 0.15) is 0 Å². The van der Waals surface area contributed by atoms with E-state index in [1.807, 2.05) is 30.3 Å². The molecule has 0 aromatic carbocycles. The van der Waals surface area contributed by atoms with Crippen LogP contribution in [0.1, 0.15) is 11.3 Å². The lowest BCUT2D eigenvalue weighted by atomic mass is 10.3. The quantitative estimate of drug-likeness (QED) is 0.574. The standard InChI is InChI=1S/C12H10N4/c1-2-7-14-12(5-1)10-16-15-9-11-4-3-6-13-8-11/h1-10H/b15-9-,16-10+. The summed E-state index contributed by atoms with van der Waals surface area (Å²) in [6.07, 6.45) is 8.40. The molecular formula is C12H10N4. The van der Waals surface area contributed by atoms with Gasteiger partial charge in [-0.3, -0.25) is 9.97 Å². The summed E-state index contributed by atoms with van der Waals surface area (Å²) in [6.45, 7) is 0. The molecule has 0 fully saturated rings. The Balaban J connectivity index is 1.98. The van der Waals surface area contributed by atoms with Crippen LogP contribution >= 0.6 is 0 Å². The molecule has 4 nitrogen and oxygen atoms in total. The molecule has 2 aromatic rings. The van der Waals surface area contributed by atoms with Gasteiger partial charge in [0.25, 0.3) is 0 Å². The highest BCUT2D eigenvalue weighted by molar-refractivity contribution is 5.81. The van der Waals surface area contributed by atoms with Gasteiger partial charge in [-0.05, 0) is 18.2 Å². The van der Waals surface area contributed by atoms with Crippen molar-refractivity contribution in [3.63, 3.8) is 0 Å². The van der Waals surface area contributed by atoms with Gasteiger partial charge in [0.2, 0.25) is 0 Å². The topological polar surface area (TPSA) is 50.5 Å². The van der Waals surface area contributed by atoms with Crippen LogP contribution in [0.4, 0.5) is 0 Å². The normalized spacial score (nSPS) is 11.2. The summed E-state index contributed by atoms with van der Waals surface area (Å²) in [4.78, 5) is 8.05. The lowest BCUT2D eigenvalue weighted by Gasteiger charge is -1.88. The summed E-state index contributed by atoms with van der Waals surface area (Å²) >= 11 is 0. The van der Waals surface area contributed by atoms with E-state index in [4.69, 9.17) is 0 Å². The number of aromatic nitrogens is 2. The molecule has 0 aliphatic rings. The molecule has 0 spiro atoms. The first-order chi connectivity index (χ1) is 7.95. The van der Waals surface area contributed by atoms with Crippen LogP contribution < -0.4 is 0 Å². The highest BCUT2D eigenvalue weighted by Crippen LogP contribution is 1.92. The molecule has 0 aliphatic heterocycles. The first-order valence-electron chi connectivity index (χ1n) is 4.82. The maximum Gasteiger partial charge on any atom is 0.0831 e. The molecule has 4 heteroatoms. The van der Waals surface area contributed by atoms with Gasteiger partial charge >= 0.3 is 0 Å². The SMILES string of the molecule is C(=N/N=C/c1ccccn1)/c1cccnc1. The van der Waals surface area contributed by atoms with E-state index >= 15 is 0 Å². The molecule has 0 aliphatic carbocycles. The van der Waals surface area contributed by atoms with Gasteiger partial charge in [0.05, 0.1) is 18.1 Å². The van der Waals surface area contributed by atoms with E-state index in [1.54, 1.807) is 31.0 Å². The first-order valence-corrected chi connectivity index (χ1v) is 4.82. The Labute approximate surface area is 93.4 Å². The van der Waals surface area contributed by atoms with Gasteiger partial charge in [-0.1, -0.05) is 12.1 Å². The van der Waals surface area contributed by atoms with E-state index in [0.717, 1.165) is 11.3 Å². The summed E-state index contributed by atoms with van der Waals surface area (Å²) in [5.74, 6) is 0. The molecule has 78 valence electrons. The number of nitrogens with zero attached hydrogens (tertiary/aromatic N) is 4. The molecular weight excluding hydrogens is 200 g/mol. The number of rotatable bonds is 3. The number of hydrogen-bond donors (Lipinski definition) is 0. The number of hydrogen-bond acceptors (Lipinski definition) is 4. The summed E-state index contributed by atoms with van der Waals surface area (Å²) in [6, 6.07) is 9.38. The first kappa shape index (κ1) is 10.2. The van der Waals surface area contributed by atoms with Crippen molar-refractivity contribution in [1.29, 1.82) is 0 Å². The minimum Gasteiger partial charge on any atom is -0.264 e. The molecule has 0 radical (unpaired) electrons. The van der Waals surface area contributed by atoms with Crippen molar-refractivity contribution in [2.24, 2.45) is 10.2 Å². The van der Waals surface area contributed by atoms with Crippen molar-refractivity contribution in [3.8, 4) is 0 Å². The second-order valence-electron chi connectivity index (χ2n) is 3.03. The van der Waals surface area contributed by atoms with Crippen LogP contribution in [0.3, 0.4) is 0 Å². The van der Waals surface area contributed by atoms with E-state index in [1.165, 1.54) is 0 Å². The fourth-order valence-corrected chi connectivity index (χ4v) is 1.10. The van der Waals surface area contributed by atoms with Crippen LogP contribution in [0.5, 0.6) is 0 Å². The van der Waals surface area contributed by atoms with E-state index in [9.17, 15) is 0 Å². The summed E-state index contributed by atoms with van der Waals surface area (Å²) in [7, 11) is 0. The Bertz CT molecular complexity index is 429. The molecule has 0 saturated heterocycles. The van der Waals surface area contributed by atoms with Gasteiger partial charge in [0.15, 0.2) is 0 Å². The van der Waals surface area contributed by atoms with Gasteiger partial charge < -0.3 is 0 Å². The lowest BCUT2D eigenvalue weighted by molar-refractivity contribution is 1.23. The van der Waals surface area contributed by atoms with Crippen LogP contribution in [0.25, 0.3) is 0 Å². The Kier molecular flexibility index (Phi) is 3.50. The van der Waals surface area contributed by atoms with Crippen molar-refractivity contribution in [2.45, 2.75) is 0 Å². The van der Waals surface area contributed by atoms with Crippen LogP contribution in [0.15, 0.2) is 59.1 Å². The van der Waals surface area contributed by atoms with Crippen molar-refractivity contribution < 1.29 is 0 Å². The Morgan fingerprint density at radius 1 is 0.938 bits per heavy atom. The summed E-state index contributed by atoms with van der Waals surface area (Å²) in [5, 5.41) is 7.79. The third-order valence-electron chi connectivity index (χ3n) is 1.84. The summed E-state index contributed by atoms with van der Waals surface area (Å²) in [5.41, 5.74) is 1.70. The lowest BCUT2D eigenvalue weighted by Crippen LogP contribution is -1.84. The third-order valence-corrected chi connectivity index (χ3v) is 1.84. The fourth-order valence-electron chi connectivity index (χ4n) is 1.10. The van der Waals surface area contributed by atoms with Gasteiger partial charge in [0, 0.05) is 24.2 Å². The molecule has 0 unspecified atom stereocenters. The molecule has 0 N–H and O–H groups in total. The monoisotopic (exact) mass is 210 g/mol. The largest absolute Gasteiger partial charge is 0.264 e. The van der Waals surface area contributed by atoms with Gasteiger partial charge in [-0.15, -0.1) is 0 Å².